The van der Waals surface area contributed by atoms with E-state index in [-0.39, 0.29) is 17.6 Å². The summed E-state index contributed by atoms with van der Waals surface area (Å²) in [5.41, 5.74) is 2.41. The van der Waals surface area contributed by atoms with Crippen molar-refractivity contribution in [3.8, 4) is 0 Å². The molecule has 164 valence electrons. The zero-order valence-electron chi connectivity index (χ0n) is 17.0. The highest BCUT2D eigenvalue weighted by Crippen LogP contribution is 2.29. The van der Waals surface area contributed by atoms with E-state index in [1.54, 1.807) is 59.9 Å². The van der Waals surface area contributed by atoms with Gasteiger partial charge in [-0.05, 0) is 48.5 Å². The van der Waals surface area contributed by atoms with Crippen molar-refractivity contribution in [1.29, 1.82) is 0 Å². The molecule has 2 aromatic heterocycles. The fourth-order valence-electron chi connectivity index (χ4n) is 3.29. The lowest BCUT2D eigenvalue weighted by Gasteiger charge is -2.11. The standard InChI is InChI=1S/C23H16ClN5O2S2/c24-14-9-11-15(12-10-14)25-21(31)16-5-1-2-6-17(16)26-20(30)13-32-22-27-28-23-29(22)18-7-3-4-8-19(18)33-23/h1-12H,13H2,(H,25,31)(H,26,30). The second-order valence-corrected chi connectivity index (χ2v) is 9.40. The number of anilines is 2. The molecule has 2 N–H and O–H groups in total. The van der Waals surface area contributed by atoms with Crippen LogP contribution < -0.4 is 10.6 Å². The summed E-state index contributed by atoms with van der Waals surface area (Å²) in [6.45, 7) is 0. The van der Waals surface area contributed by atoms with Crippen LogP contribution in [0.25, 0.3) is 15.2 Å². The van der Waals surface area contributed by atoms with Gasteiger partial charge in [0, 0.05) is 10.7 Å². The third kappa shape index (κ3) is 4.56. The topological polar surface area (TPSA) is 88.4 Å². The smallest absolute Gasteiger partial charge is 0.257 e. The number of hydrogen-bond donors (Lipinski definition) is 2. The second-order valence-electron chi connectivity index (χ2n) is 7.01. The molecule has 0 atom stereocenters. The Kier molecular flexibility index (Phi) is 5.99. The monoisotopic (exact) mass is 493 g/mol. The van der Waals surface area contributed by atoms with Crippen LogP contribution in [0.5, 0.6) is 0 Å². The van der Waals surface area contributed by atoms with E-state index in [4.69, 9.17) is 11.6 Å². The SMILES string of the molecule is O=C(CSc1nnc2sc3ccccc3n12)Nc1ccccc1C(=O)Nc1ccc(Cl)cc1. The Labute approximate surface area is 201 Å². The number of para-hydroxylation sites is 2. The average molecular weight is 494 g/mol. The number of aromatic nitrogens is 3. The first-order chi connectivity index (χ1) is 16.1. The van der Waals surface area contributed by atoms with Gasteiger partial charge in [-0.2, -0.15) is 0 Å². The van der Waals surface area contributed by atoms with E-state index in [0.717, 1.165) is 15.2 Å². The number of rotatable bonds is 6. The highest BCUT2D eigenvalue weighted by molar-refractivity contribution is 7.99. The Hall–Kier alpha value is -3.40. The molecule has 0 spiro atoms. The van der Waals surface area contributed by atoms with Gasteiger partial charge in [-0.15, -0.1) is 10.2 Å². The van der Waals surface area contributed by atoms with Gasteiger partial charge in [0.15, 0.2) is 5.16 Å². The summed E-state index contributed by atoms with van der Waals surface area (Å²) in [6.07, 6.45) is 0. The zero-order chi connectivity index (χ0) is 22.8. The van der Waals surface area contributed by atoms with Gasteiger partial charge in [0.25, 0.3) is 5.91 Å². The number of carbonyl (C=O) groups excluding carboxylic acids is 2. The fraction of sp³-hybridized carbons (Fsp3) is 0.0435. The normalized spacial score (nSPS) is 11.1. The molecule has 0 saturated carbocycles. The van der Waals surface area contributed by atoms with Crippen LogP contribution in [0.3, 0.4) is 0 Å². The molecule has 2 amide bonds. The number of nitrogens with one attached hydrogen (secondary N) is 2. The zero-order valence-corrected chi connectivity index (χ0v) is 19.4. The molecule has 0 bridgehead atoms. The van der Waals surface area contributed by atoms with E-state index in [2.05, 4.69) is 20.8 Å². The quantitative estimate of drug-likeness (QED) is 0.301. The third-order valence-corrected chi connectivity index (χ3v) is 6.98. The van der Waals surface area contributed by atoms with Gasteiger partial charge >= 0.3 is 0 Å². The molecule has 0 aliphatic rings. The minimum atomic E-state index is -0.329. The number of amides is 2. The van der Waals surface area contributed by atoms with Gasteiger partial charge in [0.05, 0.1) is 27.2 Å². The molecule has 0 radical (unpaired) electrons. The van der Waals surface area contributed by atoms with Crippen molar-refractivity contribution in [3.05, 3.63) is 83.4 Å². The number of hydrogen-bond acceptors (Lipinski definition) is 6. The van der Waals surface area contributed by atoms with Crippen LogP contribution >= 0.6 is 34.7 Å². The van der Waals surface area contributed by atoms with Crippen LogP contribution in [-0.4, -0.2) is 32.2 Å². The molecule has 10 heteroatoms. The van der Waals surface area contributed by atoms with E-state index in [0.29, 0.717) is 27.1 Å². The molecule has 0 fully saturated rings. The summed E-state index contributed by atoms with van der Waals surface area (Å²) < 4.78 is 3.06. The Bertz CT molecular complexity index is 1480. The van der Waals surface area contributed by atoms with Crippen molar-refractivity contribution >= 4 is 73.1 Å². The predicted molar refractivity (Wildman–Crippen MR) is 134 cm³/mol. The summed E-state index contributed by atoms with van der Waals surface area (Å²) in [4.78, 5) is 26.2. The molecule has 7 nitrogen and oxygen atoms in total. The van der Waals surface area contributed by atoms with Crippen molar-refractivity contribution in [2.24, 2.45) is 0 Å². The first-order valence-electron chi connectivity index (χ1n) is 9.90. The number of thiazole rings is 1. The number of fused-ring (bicyclic) bond motifs is 3. The molecule has 0 aliphatic carbocycles. The molecule has 0 aliphatic heterocycles. The van der Waals surface area contributed by atoms with E-state index in [1.807, 2.05) is 28.7 Å². The van der Waals surface area contributed by atoms with Crippen molar-refractivity contribution in [2.45, 2.75) is 5.16 Å². The summed E-state index contributed by atoms with van der Waals surface area (Å²) in [6, 6.07) is 21.7. The summed E-state index contributed by atoms with van der Waals surface area (Å²) in [7, 11) is 0. The van der Waals surface area contributed by atoms with Crippen LogP contribution in [0, 0.1) is 0 Å². The number of thioether (sulfide) groups is 1. The molecule has 3 aromatic carbocycles. The van der Waals surface area contributed by atoms with Gasteiger partial charge in [-0.1, -0.05) is 59.0 Å². The molecular formula is C23H16ClN5O2S2. The Morgan fingerprint density at radius 1 is 0.939 bits per heavy atom. The lowest BCUT2D eigenvalue weighted by atomic mass is 10.1. The molecular weight excluding hydrogens is 478 g/mol. The van der Waals surface area contributed by atoms with Crippen molar-refractivity contribution in [2.75, 3.05) is 16.4 Å². The van der Waals surface area contributed by atoms with E-state index in [9.17, 15) is 9.59 Å². The minimum absolute atomic E-state index is 0.123. The number of halogens is 1. The molecule has 5 rings (SSSR count). The van der Waals surface area contributed by atoms with Gasteiger partial charge < -0.3 is 10.6 Å². The Morgan fingerprint density at radius 3 is 2.55 bits per heavy atom. The second kappa shape index (κ2) is 9.22. The van der Waals surface area contributed by atoms with Gasteiger partial charge in [0.2, 0.25) is 10.9 Å². The number of nitrogens with zero attached hydrogens (tertiary/aromatic N) is 3. The molecule has 0 saturated heterocycles. The van der Waals surface area contributed by atoms with E-state index < -0.39 is 0 Å². The Morgan fingerprint density at radius 2 is 1.70 bits per heavy atom. The Balaban J connectivity index is 1.28. The van der Waals surface area contributed by atoms with E-state index in [1.165, 1.54) is 11.8 Å². The van der Waals surface area contributed by atoms with Gasteiger partial charge in [-0.25, -0.2) is 0 Å². The first-order valence-corrected chi connectivity index (χ1v) is 12.1. The van der Waals surface area contributed by atoms with Crippen LogP contribution in [0.1, 0.15) is 10.4 Å². The van der Waals surface area contributed by atoms with Crippen LogP contribution in [0.2, 0.25) is 5.02 Å². The lowest BCUT2D eigenvalue weighted by Crippen LogP contribution is -2.19. The minimum Gasteiger partial charge on any atom is -0.325 e. The van der Waals surface area contributed by atoms with Crippen LogP contribution in [-0.2, 0) is 4.79 Å². The molecule has 5 aromatic rings. The van der Waals surface area contributed by atoms with Gasteiger partial charge in [0.1, 0.15) is 0 Å². The van der Waals surface area contributed by atoms with Gasteiger partial charge in [-0.3, -0.25) is 14.0 Å². The third-order valence-electron chi connectivity index (χ3n) is 4.79. The number of benzene rings is 3. The lowest BCUT2D eigenvalue weighted by molar-refractivity contribution is -0.113. The summed E-state index contributed by atoms with van der Waals surface area (Å²) in [5.74, 6) is -0.453. The van der Waals surface area contributed by atoms with Crippen LogP contribution in [0.15, 0.2) is 78.0 Å². The fourth-order valence-corrected chi connectivity index (χ4v) is 5.18. The van der Waals surface area contributed by atoms with Crippen molar-refractivity contribution < 1.29 is 9.59 Å². The molecule has 33 heavy (non-hydrogen) atoms. The molecule has 2 heterocycles. The maximum atomic E-state index is 12.8. The summed E-state index contributed by atoms with van der Waals surface area (Å²) >= 11 is 8.74. The number of carbonyl (C=O) groups is 2. The highest BCUT2D eigenvalue weighted by atomic mass is 35.5. The first kappa shape index (κ1) is 21.4. The van der Waals surface area contributed by atoms with E-state index >= 15 is 0 Å². The van der Waals surface area contributed by atoms with Crippen LogP contribution in [0.4, 0.5) is 11.4 Å². The van der Waals surface area contributed by atoms with Crippen molar-refractivity contribution in [3.63, 3.8) is 0 Å². The maximum absolute atomic E-state index is 12.8. The maximum Gasteiger partial charge on any atom is 0.257 e. The van der Waals surface area contributed by atoms with Crippen molar-refractivity contribution in [1.82, 2.24) is 14.6 Å². The predicted octanol–water partition coefficient (Wildman–Crippen LogP) is 5.58. The highest BCUT2D eigenvalue weighted by Gasteiger charge is 2.16. The summed E-state index contributed by atoms with van der Waals surface area (Å²) in [5, 5.41) is 15.3. The molecule has 0 unspecified atom stereocenters. The average Bonchev–Trinajstić information content (AvgIpc) is 3.39. The largest absolute Gasteiger partial charge is 0.325 e.